The summed E-state index contributed by atoms with van der Waals surface area (Å²) in [6, 6.07) is 1.40. The second-order valence-corrected chi connectivity index (χ2v) is 6.77. The second-order valence-electron chi connectivity index (χ2n) is 5.92. The van der Waals surface area contributed by atoms with Crippen molar-refractivity contribution in [1.82, 2.24) is 0 Å². The zero-order chi connectivity index (χ0) is 23.6. The summed E-state index contributed by atoms with van der Waals surface area (Å²) < 4.78 is 112. The van der Waals surface area contributed by atoms with Gasteiger partial charge in [-0.2, -0.15) is 13.2 Å². The van der Waals surface area contributed by atoms with Crippen LogP contribution in [-0.4, -0.2) is 35.8 Å². The van der Waals surface area contributed by atoms with Gasteiger partial charge in [0.1, 0.15) is 5.75 Å². The molecule has 0 aliphatic rings. The van der Waals surface area contributed by atoms with Crippen LogP contribution < -0.4 is 14.8 Å². The first-order valence-electron chi connectivity index (χ1n) is 8.07. The third-order valence-corrected chi connectivity index (χ3v) is 4.11. The standard InChI is InChI=1S/C17H12BrF8NO4/c18-10-3-9(31-17(24,25)26)4-13(27-5-8(29)6-28)14(10)30-15-11(19)1-7(2-12(15)20)16(21,22)23/h1-4,8,27-29H,5-6H2. The van der Waals surface area contributed by atoms with Gasteiger partial charge in [0.05, 0.1) is 28.4 Å². The van der Waals surface area contributed by atoms with E-state index in [9.17, 15) is 40.2 Å². The van der Waals surface area contributed by atoms with Crippen molar-refractivity contribution in [3.8, 4) is 17.2 Å². The van der Waals surface area contributed by atoms with Crippen LogP contribution in [-0.2, 0) is 6.18 Å². The molecule has 0 bridgehead atoms. The minimum Gasteiger partial charge on any atom is -0.448 e. The molecule has 0 spiro atoms. The minimum absolute atomic E-state index is 0.0178. The summed E-state index contributed by atoms with van der Waals surface area (Å²) in [4.78, 5) is 0. The lowest BCUT2D eigenvalue weighted by Crippen LogP contribution is -2.23. The number of alkyl halides is 6. The Hall–Kier alpha value is -2.32. The highest BCUT2D eigenvalue weighted by molar-refractivity contribution is 9.10. The number of halogens is 9. The summed E-state index contributed by atoms with van der Waals surface area (Å²) in [5.41, 5.74) is -2.01. The molecule has 0 fully saturated rings. The lowest BCUT2D eigenvalue weighted by Gasteiger charge is -2.19. The Morgan fingerprint density at radius 3 is 2.03 bits per heavy atom. The Morgan fingerprint density at radius 1 is 0.968 bits per heavy atom. The van der Waals surface area contributed by atoms with Gasteiger partial charge in [0.2, 0.25) is 0 Å². The molecule has 14 heteroatoms. The summed E-state index contributed by atoms with van der Waals surface area (Å²) in [5.74, 6) is -6.03. The third kappa shape index (κ3) is 6.83. The molecular formula is C17H12BrF8NO4. The molecule has 2 aromatic rings. The van der Waals surface area contributed by atoms with Crippen LogP contribution in [0.15, 0.2) is 28.7 Å². The lowest BCUT2D eigenvalue weighted by atomic mass is 10.2. The average molecular weight is 526 g/mol. The van der Waals surface area contributed by atoms with Crippen LogP contribution in [0.25, 0.3) is 0 Å². The van der Waals surface area contributed by atoms with E-state index in [1.54, 1.807) is 0 Å². The fourth-order valence-corrected chi connectivity index (χ4v) is 2.73. The highest BCUT2D eigenvalue weighted by Crippen LogP contribution is 2.43. The van der Waals surface area contributed by atoms with E-state index in [1.807, 2.05) is 0 Å². The number of hydrogen-bond donors (Lipinski definition) is 3. The van der Waals surface area contributed by atoms with Crippen molar-refractivity contribution in [2.75, 3.05) is 18.5 Å². The number of nitrogens with one attached hydrogen (secondary N) is 1. The molecule has 0 aliphatic carbocycles. The Balaban J connectivity index is 2.49. The normalized spacial score (nSPS) is 13.1. The highest BCUT2D eigenvalue weighted by Gasteiger charge is 2.34. The maximum atomic E-state index is 14.1. The van der Waals surface area contributed by atoms with Gasteiger partial charge >= 0.3 is 12.5 Å². The van der Waals surface area contributed by atoms with E-state index < -0.39 is 66.2 Å². The number of rotatable bonds is 7. The molecule has 0 amide bonds. The van der Waals surface area contributed by atoms with Crippen LogP contribution in [0.4, 0.5) is 40.8 Å². The molecule has 2 rings (SSSR count). The van der Waals surface area contributed by atoms with E-state index in [0.29, 0.717) is 6.07 Å². The number of anilines is 1. The smallest absolute Gasteiger partial charge is 0.448 e. The summed E-state index contributed by atoms with van der Waals surface area (Å²) in [7, 11) is 0. The summed E-state index contributed by atoms with van der Waals surface area (Å²) in [5, 5.41) is 20.7. The molecule has 172 valence electrons. The number of hydrogen-bond acceptors (Lipinski definition) is 5. The molecule has 31 heavy (non-hydrogen) atoms. The number of aliphatic hydroxyl groups is 2. The molecule has 2 aromatic carbocycles. The predicted octanol–water partition coefficient (Wildman–Crippen LogP) is 5.20. The molecule has 0 radical (unpaired) electrons. The first kappa shape index (κ1) is 24.9. The van der Waals surface area contributed by atoms with Crippen LogP contribution in [0, 0.1) is 11.6 Å². The number of benzene rings is 2. The first-order chi connectivity index (χ1) is 14.2. The molecule has 0 heterocycles. The number of aliphatic hydroxyl groups excluding tert-OH is 2. The van der Waals surface area contributed by atoms with Crippen LogP contribution in [0.3, 0.4) is 0 Å². The minimum atomic E-state index is -5.09. The number of ether oxygens (including phenoxy) is 2. The van der Waals surface area contributed by atoms with Gasteiger partial charge in [-0.15, -0.1) is 13.2 Å². The molecule has 0 saturated heterocycles. The molecule has 0 saturated carbocycles. The van der Waals surface area contributed by atoms with Crippen molar-refractivity contribution in [2.24, 2.45) is 0 Å². The Labute approximate surface area is 177 Å². The maximum Gasteiger partial charge on any atom is 0.573 e. The van der Waals surface area contributed by atoms with Crippen molar-refractivity contribution < 1.29 is 54.8 Å². The summed E-state index contributed by atoms with van der Waals surface area (Å²) >= 11 is 2.83. The third-order valence-electron chi connectivity index (χ3n) is 3.52. The van der Waals surface area contributed by atoms with Gasteiger partial charge < -0.3 is 25.0 Å². The van der Waals surface area contributed by atoms with E-state index in [1.165, 1.54) is 0 Å². The van der Waals surface area contributed by atoms with Crippen LogP contribution >= 0.6 is 15.9 Å². The van der Waals surface area contributed by atoms with Crippen molar-refractivity contribution in [2.45, 2.75) is 18.6 Å². The van der Waals surface area contributed by atoms with Gasteiger partial charge in [-0.25, -0.2) is 8.78 Å². The SMILES string of the molecule is OCC(O)CNc1cc(OC(F)(F)F)cc(Br)c1Oc1c(F)cc(C(F)(F)F)cc1F. The van der Waals surface area contributed by atoms with Gasteiger partial charge in [0, 0.05) is 12.6 Å². The molecule has 0 aromatic heterocycles. The van der Waals surface area contributed by atoms with E-state index in [0.717, 1.165) is 6.07 Å². The maximum absolute atomic E-state index is 14.1. The van der Waals surface area contributed by atoms with Gasteiger partial charge in [0.25, 0.3) is 0 Å². The zero-order valence-electron chi connectivity index (χ0n) is 14.9. The topological polar surface area (TPSA) is 71.0 Å². The largest absolute Gasteiger partial charge is 0.573 e. The van der Waals surface area contributed by atoms with Gasteiger partial charge in [-0.05, 0) is 34.1 Å². The highest BCUT2D eigenvalue weighted by atomic mass is 79.9. The fraction of sp³-hybridized carbons (Fsp3) is 0.294. The van der Waals surface area contributed by atoms with Crippen LogP contribution in [0.2, 0.25) is 0 Å². The molecule has 0 aliphatic heterocycles. The van der Waals surface area contributed by atoms with Crippen molar-refractivity contribution in [1.29, 1.82) is 0 Å². The van der Waals surface area contributed by atoms with Crippen LogP contribution in [0.1, 0.15) is 5.56 Å². The van der Waals surface area contributed by atoms with Crippen molar-refractivity contribution in [3.05, 3.63) is 45.9 Å². The quantitative estimate of drug-likeness (QED) is 0.433. The summed E-state index contributed by atoms with van der Waals surface area (Å²) in [6.45, 7) is -1.17. The van der Waals surface area contributed by atoms with Gasteiger partial charge in [0.15, 0.2) is 23.1 Å². The fourth-order valence-electron chi connectivity index (χ4n) is 2.21. The zero-order valence-corrected chi connectivity index (χ0v) is 16.5. The Bertz CT molecular complexity index is 913. The molecule has 3 N–H and O–H groups in total. The van der Waals surface area contributed by atoms with E-state index in [-0.39, 0.29) is 22.3 Å². The monoisotopic (exact) mass is 525 g/mol. The van der Waals surface area contributed by atoms with Gasteiger partial charge in [-0.3, -0.25) is 0 Å². The predicted molar refractivity (Wildman–Crippen MR) is 93.8 cm³/mol. The molecular weight excluding hydrogens is 514 g/mol. The Kier molecular flexibility index (Phi) is 7.60. The second kappa shape index (κ2) is 9.44. The molecule has 1 unspecified atom stereocenters. The van der Waals surface area contributed by atoms with Gasteiger partial charge in [-0.1, -0.05) is 0 Å². The lowest BCUT2D eigenvalue weighted by molar-refractivity contribution is -0.274. The van der Waals surface area contributed by atoms with Crippen LogP contribution in [0.5, 0.6) is 17.2 Å². The molecule has 1 atom stereocenters. The first-order valence-corrected chi connectivity index (χ1v) is 8.86. The molecule has 5 nitrogen and oxygen atoms in total. The van der Waals surface area contributed by atoms with E-state index in [4.69, 9.17) is 9.84 Å². The summed E-state index contributed by atoms with van der Waals surface area (Å²) in [6.07, 6.45) is -11.5. The van der Waals surface area contributed by atoms with Crippen molar-refractivity contribution >= 4 is 21.6 Å². The van der Waals surface area contributed by atoms with E-state index >= 15 is 0 Å². The average Bonchev–Trinajstić information content (AvgIpc) is 2.61. The van der Waals surface area contributed by atoms with Crippen molar-refractivity contribution in [3.63, 3.8) is 0 Å². The van der Waals surface area contributed by atoms with E-state index in [2.05, 4.69) is 26.0 Å². The Morgan fingerprint density at radius 2 is 1.55 bits per heavy atom.